The molecule has 0 amide bonds. The smallest absolute Gasteiger partial charge is 0.376 e. The lowest BCUT2D eigenvalue weighted by molar-refractivity contribution is -0.152. The first-order valence-corrected chi connectivity index (χ1v) is 6.69. The lowest BCUT2D eigenvalue weighted by Gasteiger charge is -2.37. The highest BCUT2D eigenvalue weighted by molar-refractivity contribution is 4.86. The van der Waals surface area contributed by atoms with Crippen LogP contribution in [-0.4, -0.2) is 32.0 Å². The van der Waals surface area contributed by atoms with Crippen molar-refractivity contribution in [3.05, 3.63) is 0 Å². The number of hydrogen-bond acceptors (Lipinski definition) is 2. The zero-order valence-electron chi connectivity index (χ0n) is 11.4. The van der Waals surface area contributed by atoms with Crippen LogP contribution < -0.4 is 5.32 Å². The fourth-order valence-electron chi connectivity index (χ4n) is 2.61. The minimum Gasteiger partial charge on any atom is -0.376 e. The Hall–Kier alpha value is -0.290. The van der Waals surface area contributed by atoms with E-state index < -0.39 is 12.6 Å². The van der Waals surface area contributed by atoms with Gasteiger partial charge in [0.1, 0.15) is 0 Å². The van der Waals surface area contributed by atoms with Crippen LogP contribution in [0.4, 0.5) is 13.2 Å². The van der Waals surface area contributed by atoms with E-state index in [2.05, 4.69) is 19.2 Å². The van der Waals surface area contributed by atoms with Gasteiger partial charge in [-0.15, -0.1) is 0 Å². The van der Waals surface area contributed by atoms with Crippen molar-refractivity contribution in [2.45, 2.75) is 57.9 Å². The largest absolute Gasteiger partial charge is 0.391 e. The molecule has 1 aliphatic carbocycles. The molecule has 1 rings (SSSR count). The van der Waals surface area contributed by atoms with E-state index in [1.165, 1.54) is 0 Å². The van der Waals surface area contributed by atoms with Crippen LogP contribution in [0.25, 0.3) is 0 Å². The Labute approximate surface area is 107 Å². The monoisotopic (exact) mass is 267 g/mol. The maximum atomic E-state index is 12.1. The minimum absolute atomic E-state index is 0.0847. The molecule has 3 unspecified atom stereocenters. The Bertz CT molecular complexity index is 243. The number of likely N-dealkylation sites (N-methyl/N-ethyl adjacent to an activating group) is 1. The van der Waals surface area contributed by atoms with Crippen LogP contribution in [0.3, 0.4) is 0 Å². The van der Waals surface area contributed by atoms with Gasteiger partial charge in [-0.1, -0.05) is 13.8 Å². The molecule has 108 valence electrons. The van der Waals surface area contributed by atoms with Crippen molar-refractivity contribution in [2.75, 3.05) is 13.7 Å². The van der Waals surface area contributed by atoms with Crippen molar-refractivity contribution in [2.24, 2.45) is 11.8 Å². The van der Waals surface area contributed by atoms with E-state index in [-0.39, 0.29) is 18.8 Å². The predicted molar refractivity (Wildman–Crippen MR) is 65.4 cm³/mol. The molecule has 1 aliphatic rings. The molecule has 1 saturated carbocycles. The van der Waals surface area contributed by atoms with Gasteiger partial charge in [-0.25, -0.2) is 0 Å². The molecule has 0 saturated heterocycles. The van der Waals surface area contributed by atoms with Crippen molar-refractivity contribution in [1.29, 1.82) is 0 Å². The van der Waals surface area contributed by atoms with Gasteiger partial charge < -0.3 is 10.1 Å². The standard InChI is InChI=1S/C13H24F3NO/c1-9(2)10-4-5-11(17-3)12(8-10)18-7-6-13(14,15)16/h9-12,17H,4-8H2,1-3H3. The van der Waals surface area contributed by atoms with Crippen molar-refractivity contribution in [1.82, 2.24) is 5.32 Å². The summed E-state index contributed by atoms with van der Waals surface area (Å²) in [5.74, 6) is 1.13. The molecule has 0 spiro atoms. The average molecular weight is 267 g/mol. The van der Waals surface area contributed by atoms with Crippen LogP contribution >= 0.6 is 0 Å². The van der Waals surface area contributed by atoms with Gasteiger partial charge in [0, 0.05) is 6.04 Å². The van der Waals surface area contributed by atoms with Crippen LogP contribution in [0.2, 0.25) is 0 Å². The first-order chi connectivity index (χ1) is 8.33. The van der Waals surface area contributed by atoms with Gasteiger partial charge in [0.2, 0.25) is 0 Å². The van der Waals surface area contributed by atoms with E-state index in [4.69, 9.17) is 4.74 Å². The number of nitrogens with one attached hydrogen (secondary N) is 1. The van der Waals surface area contributed by atoms with Gasteiger partial charge in [0.15, 0.2) is 0 Å². The first kappa shape index (κ1) is 15.8. The maximum absolute atomic E-state index is 12.1. The highest BCUT2D eigenvalue weighted by atomic mass is 19.4. The zero-order chi connectivity index (χ0) is 13.8. The van der Waals surface area contributed by atoms with Gasteiger partial charge in [-0.05, 0) is 38.1 Å². The van der Waals surface area contributed by atoms with Gasteiger partial charge >= 0.3 is 6.18 Å². The second-order valence-electron chi connectivity index (χ2n) is 5.49. The zero-order valence-corrected chi connectivity index (χ0v) is 11.4. The quantitative estimate of drug-likeness (QED) is 0.824. The SMILES string of the molecule is CNC1CCC(C(C)C)CC1OCCC(F)(F)F. The summed E-state index contributed by atoms with van der Waals surface area (Å²) in [6, 6.07) is 0.188. The molecular formula is C13H24F3NO. The fraction of sp³-hybridized carbons (Fsp3) is 1.00. The van der Waals surface area contributed by atoms with Gasteiger partial charge in [0.05, 0.1) is 19.1 Å². The summed E-state index contributed by atoms with van der Waals surface area (Å²) >= 11 is 0. The molecule has 0 radical (unpaired) electrons. The highest BCUT2D eigenvalue weighted by Crippen LogP contribution is 2.32. The molecule has 0 aliphatic heterocycles. The van der Waals surface area contributed by atoms with Crippen molar-refractivity contribution in [3.8, 4) is 0 Å². The molecule has 0 bridgehead atoms. The van der Waals surface area contributed by atoms with E-state index >= 15 is 0 Å². The summed E-state index contributed by atoms with van der Waals surface area (Å²) in [6.45, 7) is 4.10. The molecule has 0 aromatic heterocycles. The maximum Gasteiger partial charge on any atom is 0.391 e. The molecule has 3 atom stereocenters. The van der Waals surface area contributed by atoms with Crippen molar-refractivity contribution >= 4 is 0 Å². The second kappa shape index (κ2) is 6.75. The van der Waals surface area contributed by atoms with Gasteiger partial charge in [-0.3, -0.25) is 0 Å². The Morgan fingerprint density at radius 1 is 1.28 bits per heavy atom. The Kier molecular flexibility index (Phi) is 5.92. The van der Waals surface area contributed by atoms with Crippen molar-refractivity contribution < 1.29 is 17.9 Å². The molecule has 18 heavy (non-hydrogen) atoms. The molecule has 1 N–H and O–H groups in total. The number of ether oxygens (including phenoxy) is 1. The summed E-state index contributed by atoms with van der Waals surface area (Å²) in [7, 11) is 1.85. The van der Waals surface area contributed by atoms with E-state index in [1.807, 2.05) is 7.05 Å². The Morgan fingerprint density at radius 2 is 1.94 bits per heavy atom. The van der Waals surface area contributed by atoms with E-state index in [1.54, 1.807) is 0 Å². The third-order valence-corrected chi connectivity index (χ3v) is 3.86. The summed E-state index contributed by atoms with van der Waals surface area (Å²) in [6.07, 6.45) is -2.09. The molecule has 0 aromatic carbocycles. The predicted octanol–water partition coefficient (Wildman–Crippen LogP) is 3.37. The highest BCUT2D eigenvalue weighted by Gasteiger charge is 2.33. The lowest BCUT2D eigenvalue weighted by atomic mass is 9.78. The minimum atomic E-state index is -4.12. The fourth-order valence-corrected chi connectivity index (χ4v) is 2.61. The summed E-state index contributed by atoms with van der Waals surface area (Å²) in [5.41, 5.74) is 0. The number of halogens is 3. The number of alkyl halides is 3. The van der Waals surface area contributed by atoms with Crippen molar-refractivity contribution in [3.63, 3.8) is 0 Å². The first-order valence-electron chi connectivity index (χ1n) is 6.69. The molecular weight excluding hydrogens is 243 g/mol. The van der Waals surface area contributed by atoms with E-state index in [0.717, 1.165) is 19.3 Å². The number of hydrogen-bond donors (Lipinski definition) is 1. The van der Waals surface area contributed by atoms with Crippen LogP contribution in [0.15, 0.2) is 0 Å². The Morgan fingerprint density at radius 3 is 2.44 bits per heavy atom. The van der Waals surface area contributed by atoms with Crippen LogP contribution in [0.5, 0.6) is 0 Å². The van der Waals surface area contributed by atoms with E-state index in [0.29, 0.717) is 11.8 Å². The molecule has 0 aromatic rings. The normalized spacial score (nSPS) is 29.8. The van der Waals surface area contributed by atoms with E-state index in [9.17, 15) is 13.2 Å². The lowest BCUT2D eigenvalue weighted by Crippen LogP contribution is -2.45. The van der Waals surface area contributed by atoms with Gasteiger partial charge in [-0.2, -0.15) is 13.2 Å². The summed E-state index contributed by atoms with van der Waals surface area (Å²) < 4.78 is 41.8. The second-order valence-corrected chi connectivity index (χ2v) is 5.49. The third kappa shape index (κ3) is 5.14. The number of rotatable bonds is 5. The summed E-state index contributed by atoms with van der Waals surface area (Å²) in [4.78, 5) is 0. The van der Waals surface area contributed by atoms with Crippen LogP contribution in [0.1, 0.15) is 39.5 Å². The molecule has 0 heterocycles. The summed E-state index contributed by atoms with van der Waals surface area (Å²) in [5, 5.41) is 3.15. The third-order valence-electron chi connectivity index (χ3n) is 3.86. The van der Waals surface area contributed by atoms with Crippen LogP contribution in [0, 0.1) is 11.8 Å². The average Bonchev–Trinajstić information content (AvgIpc) is 2.27. The topological polar surface area (TPSA) is 21.3 Å². The van der Waals surface area contributed by atoms with Gasteiger partial charge in [0.25, 0.3) is 0 Å². The molecule has 5 heteroatoms. The Balaban J connectivity index is 2.43. The van der Waals surface area contributed by atoms with Crippen LogP contribution in [-0.2, 0) is 4.74 Å². The molecule has 1 fully saturated rings. The molecule has 2 nitrogen and oxygen atoms in total.